The fourth-order valence-electron chi connectivity index (χ4n) is 4.18. The van der Waals surface area contributed by atoms with Gasteiger partial charge in [0, 0.05) is 11.5 Å². The molecule has 2 saturated carbocycles. The molecule has 0 aromatic heterocycles. The van der Waals surface area contributed by atoms with Crippen LogP contribution in [-0.2, 0) is 38.1 Å². The molecule has 4 rings (SSSR count). The van der Waals surface area contributed by atoms with Gasteiger partial charge in [0.05, 0.1) is 5.92 Å². The molecule has 0 radical (unpaired) electrons. The van der Waals surface area contributed by atoms with Gasteiger partial charge in [0.2, 0.25) is 0 Å². The molecule has 0 amide bonds. The standard InChI is InChI=1S/C19H24O8/c1-9(2)17(21)25-10(3)18(22)24-8-15(20)27-16-12-4-11-5-13(7-12)19(23)26-14(16)6-11/h10-14,16H,1,4-8H2,2-3H3. The summed E-state index contributed by atoms with van der Waals surface area (Å²) in [7, 11) is 0. The molecular formula is C19H24O8. The van der Waals surface area contributed by atoms with Crippen molar-refractivity contribution in [2.75, 3.05) is 6.61 Å². The topological polar surface area (TPSA) is 105 Å². The molecule has 2 aliphatic heterocycles. The van der Waals surface area contributed by atoms with Crippen molar-refractivity contribution in [2.45, 2.75) is 57.8 Å². The van der Waals surface area contributed by atoms with Crippen LogP contribution in [-0.4, -0.2) is 48.8 Å². The highest BCUT2D eigenvalue weighted by Gasteiger charge is 2.51. The predicted octanol–water partition coefficient (Wildman–Crippen LogP) is 1.31. The Kier molecular flexibility index (Phi) is 5.53. The number of carbonyl (C=O) groups excluding carboxylic acids is 4. The van der Waals surface area contributed by atoms with E-state index >= 15 is 0 Å². The van der Waals surface area contributed by atoms with Crippen molar-refractivity contribution in [1.29, 1.82) is 0 Å². The van der Waals surface area contributed by atoms with E-state index in [1.165, 1.54) is 13.8 Å². The van der Waals surface area contributed by atoms with Gasteiger partial charge in [-0.3, -0.25) is 4.79 Å². The fourth-order valence-corrected chi connectivity index (χ4v) is 4.18. The zero-order chi connectivity index (χ0) is 19.7. The van der Waals surface area contributed by atoms with Crippen LogP contribution in [0.1, 0.15) is 39.5 Å². The summed E-state index contributed by atoms with van der Waals surface area (Å²) in [6, 6.07) is 0. The predicted molar refractivity (Wildman–Crippen MR) is 90.0 cm³/mol. The Labute approximate surface area is 157 Å². The van der Waals surface area contributed by atoms with E-state index in [-0.39, 0.29) is 23.4 Å². The normalized spacial score (nSPS) is 32.1. The highest BCUT2D eigenvalue weighted by atomic mass is 16.6. The van der Waals surface area contributed by atoms with Gasteiger partial charge in [-0.15, -0.1) is 0 Å². The zero-order valence-electron chi connectivity index (χ0n) is 15.5. The van der Waals surface area contributed by atoms with E-state index in [1.54, 1.807) is 0 Å². The number of esters is 4. The summed E-state index contributed by atoms with van der Waals surface area (Å²) in [5.74, 6) is -2.07. The minimum absolute atomic E-state index is 0.0917. The second-order valence-electron chi connectivity index (χ2n) is 7.63. The average molecular weight is 380 g/mol. The minimum atomic E-state index is -1.16. The summed E-state index contributed by atoms with van der Waals surface area (Å²) in [6.07, 6.45) is 1.04. The lowest BCUT2D eigenvalue weighted by atomic mass is 9.67. The molecule has 0 aromatic rings. The van der Waals surface area contributed by atoms with Gasteiger partial charge < -0.3 is 18.9 Å². The first-order valence-electron chi connectivity index (χ1n) is 9.17. The number of hydrogen-bond acceptors (Lipinski definition) is 8. The van der Waals surface area contributed by atoms with Crippen molar-refractivity contribution in [1.82, 2.24) is 0 Å². The SMILES string of the molecule is C=C(C)C(=O)OC(C)C(=O)OCC(=O)OC1C2CC3CC(C2)C(=O)OC1C3. The lowest BCUT2D eigenvalue weighted by Gasteiger charge is -2.41. The van der Waals surface area contributed by atoms with Gasteiger partial charge in [-0.1, -0.05) is 6.58 Å². The van der Waals surface area contributed by atoms with E-state index in [9.17, 15) is 19.2 Å². The molecule has 0 N–H and O–H groups in total. The summed E-state index contributed by atoms with van der Waals surface area (Å²) >= 11 is 0. The van der Waals surface area contributed by atoms with E-state index in [0.717, 1.165) is 12.8 Å². The Bertz CT molecular complexity index is 669. The summed E-state index contributed by atoms with van der Waals surface area (Å²) in [5, 5.41) is 0. The summed E-state index contributed by atoms with van der Waals surface area (Å²) < 4.78 is 20.7. The van der Waals surface area contributed by atoms with Crippen molar-refractivity contribution in [2.24, 2.45) is 17.8 Å². The first-order chi connectivity index (χ1) is 12.7. The van der Waals surface area contributed by atoms with Gasteiger partial charge in [-0.2, -0.15) is 0 Å². The van der Waals surface area contributed by atoms with Gasteiger partial charge in [0.25, 0.3) is 0 Å². The average Bonchev–Trinajstić information content (AvgIpc) is 2.77. The molecule has 4 aliphatic rings. The monoisotopic (exact) mass is 380 g/mol. The third kappa shape index (κ3) is 4.31. The van der Waals surface area contributed by atoms with Crippen LogP contribution in [0, 0.1) is 17.8 Å². The smallest absolute Gasteiger partial charge is 0.347 e. The molecule has 2 aliphatic carbocycles. The van der Waals surface area contributed by atoms with E-state index in [1.807, 2.05) is 0 Å². The lowest BCUT2D eigenvalue weighted by Crippen LogP contribution is -2.45. The van der Waals surface area contributed by atoms with Crippen LogP contribution in [0.3, 0.4) is 0 Å². The van der Waals surface area contributed by atoms with Crippen molar-refractivity contribution < 1.29 is 38.1 Å². The first-order valence-corrected chi connectivity index (χ1v) is 9.17. The molecule has 27 heavy (non-hydrogen) atoms. The van der Waals surface area contributed by atoms with Crippen LogP contribution in [0.4, 0.5) is 0 Å². The van der Waals surface area contributed by atoms with Gasteiger partial charge in [-0.05, 0) is 45.4 Å². The molecule has 4 fully saturated rings. The molecule has 0 spiro atoms. The summed E-state index contributed by atoms with van der Waals surface area (Å²) in [4.78, 5) is 47.4. The van der Waals surface area contributed by atoms with Crippen LogP contribution in [0.5, 0.6) is 0 Å². The maximum atomic E-state index is 12.1. The van der Waals surface area contributed by atoms with E-state index in [4.69, 9.17) is 18.9 Å². The van der Waals surface area contributed by atoms with Crippen molar-refractivity contribution >= 4 is 23.9 Å². The van der Waals surface area contributed by atoms with E-state index in [2.05, 4.69) is 6.58 Å². The van der Waals surface area contributed by atoms with Crippen LogP contribution in [0.25, 0.3) is 0 Å². The van der Waals surface area contributed by atoms with Crippen molar-refractivity contribution in [3.63, 3.8) is 0 Å². The van der Waals surface area contributed by atoms with Gasteiger partial charge >= 0.3 is 23.9 Å². The second kappa shape index (κ2) is 7.70. The Hall–Kier alpha value is -2.38. The van der Waals surface area contributed by atoms with Gasteiger partial charge in [-0.25, -0.2) is 14.4 Å². The third-order valence-electron chi connectivity index (χ3n) is 5.40. The second-order valence-corrected chi connectivity index (χ2v) is 7.63. The molecule has 0 aromatic carbocycles. The van der Waals surface area contributed by atoms with Crippen molar-refractivity contribution in [3.8, 4) is 0 Å². The van der Waals surface area contributed by atoms with Crippen LogP contribution >= 0.6 is 0 Å². The van der Waals surface area contributed by atoms with E-state index in [0.29, 0.717) is 18.8 Å². The summed E-state index contributed by atoms with van der Waals surface area (Å²) in [6.45, 7) is 5.63. The largest absolute Gasteiger partial charge is 0.458 e. The fraction of sp³-hybridized carbons (Fsp3) is 0.684. The van der Waals surface area contributed by atoms with Crippen LogP contribution in [0.15, 0.2) is 12.2 Å². The Morgan fingerprint density at radius 3 is 2.67 bits per heavy atom. The number of carbonyl (C=O) groups is 4. The molecular weight excluding hydrogens is 356 g/mol. The molecule has 6 unspecified atom stereocenters. The maximum absolute atomic E-state index is 12.1. The van der Waals surface area contributed by atoms with Crippen LogP contribution < -0.4 is 0 Å². The lowest BCUT2D eigenvalue weighted by molar-refractivity contribution is -0.181. The number of hydrogen-bond donors (Lipinski definition) is 0. The summed E-state index contributed by atoms with van der Waals surface area (Å²) in [5.41, 5.74) is 0.154. The Morgan fingerprint density at radius 2 is 1.96 bits per heavy atom. The minimum Gasteiger partial charge on any atom is -0.458 e. The number of rotatable bonds is 6. The highest BCUT2D eigenvalue weighted by molar-refractivity contribution is 5.89. The number of fused-ring (bicyclic) bond motifs is 1. The first kappa shape index (κ1) is 19.4. The van der Waals surface area contributed by atoms with Gasteiger partial charge in [0.15, 0.2) is 12.7 Å². The molecule has 4 bridgehead atoms. The Morgan fingerprint density at radius 1 is 1.22 bits per heavy atom. The molecule has 8 nitrogen and oxygen atoms in total. The molecule has 6 atom stereocenters. The van der Waals surface area contributed by atoms with E-state index < -0.39 is 42.8 Å². The third-order valence-corrected chi connectivity index (χ3v) is 5.40. The Balaban J connectivity index is 1.49. The zero-order valence-corrected chi connectivity index (χ0v) is 15.5. The van der Waals surface area contributed by atoms with Gasteiger partial charge in [0.1, 0.15) is 12.2 Å². The molecule has 8 heteroatoms. The molecule has 2 heterocycles. The quantitative estimate of drug-likeness (QED) is 0.386. The van der Waals surface area contributed by atoms with Crippen molar-refractivity contribution in [3.05, 3.63) is 12.2 Å². The maximum Gasteiger partial charge on any atom is 0.347 e. The van der Waals surface area contributed by atoms with Crippen LogP contribution in [0.2, 0.25) is 0 Å². The molecule has 148 valence electrons. The molecule has 2 saturated heterocycles. The highest BCUT2D eigenvalue weighted by Crippen LogP contribution is 2.48. The number of ether oxygens (including phenoxy) is 4.